The second-order valence-corrected chi connectivity index (χ2v) is 2.80. The number of aliphatic hydroxyl groups excluding tert-OH is 3. The van der Waals surface area contributed by atoms with E-state index in [0.29, 0.717) is 0 Å². The summed E-state index contributed by atoms with van der Waals surface area (Å²) >= 11 is 0. The van der Waals surface area contributed by atoms with Crippen LogP contribution in [0.15, 0.2) is 0 Å². The fourth-order valence-electron chi connectivity index (χ4n) is 1.20. The van der Waals surface area contributed by atoms with Crippen LogP contribution in [-0.4, -0.2) is 52.8 Å². The van der Waals surface area contributed by atoms with Crippen LogP contribution >= 0.6 is 0 Å². The van der Waals surface area contributed by atoms with Crippen molar-refractivity contribution in [2.75, 3.05) is 13.1 Å². The van der Waals surface area contributed by atoms with Crippen molar-refractivity contribution in [3.05, 3.63) is 0 Å². The average molecular weight is 162 g/mol. The zero-order valence-corrected chi connectivity index (χ0v) is 6.14. The summed E-state index contributed by atoms with van der Waals surface area (Å²) in [6, 6.07) is -0.312. The van der Waals surface area contributed by atoms with Crippen molar-refractivity contribution < 1.29 is 15.3 Å². The fraction of sp³-hybridized carbons (Fsp3) is 1.00. The maximum Gasteiger partial charge on any atom is 0.109 e. The van der Waals surface area contributed by atoms with Crippen LogP contribution in [0.1, 0.15) is 0 Å². The minimum atomic E-state index is -1.08. The summed E-state index contributed by atoms with van der Waals surface area (Å²) in [5, 5.41) is 30.3. The molecule has 5 nitrogen and oxygen atoms in total. The predicted octanol–water partition coefficient (Wildman–Crippen LogP) is -3.00. The minimum absolute atomic E-state index is 0.255. The molecule has 1 fully saturated rings. The Morgan fingerprint density at radius 3 is 2.45 bits per heavy atom. The summed E-state index contributed by atoms with van der Waals surface area (Å²) in [6.45, 7) is 0.533. The van der Waals surface area contributed by atoms with E-state index in [2.05, 4.69) is 5.32 Å². The smallest absolute Gasteiger partial charge is 0.109 e. The molecule has 0 bridgehead atoms. The molecule has 0 spiro atoms. The molecule has 0 aromatic rings. The molecular weight excluding hydrogens is 148 g/mol. The largest absolute Gasteiger partial charge is 0.389 e. The Morgan fingerprint density at radius 1 is 1.27 bits per heavy atom. The van der Waals surface area contributed by atoms with E-state index in [-0.39, 0.29) is 19.1 Å². The standard InChI is InChI=1S/C6H14N2O3/c7-1-3-5(10)6(11)4(9)2-8-3/h3-6,8-11H,1-2,7H2/t3-,4-,5+,6-/m0/s1. The molecule has 4 atom stereocenters. The number of β-amino-alcohol motifs (C(OH)–C–C–N with tert-alkyl or cyclic N) is 1. The molecule has 66 valence electrons. The maximum absolute atomic E-state index is 9.26. The Balaban J connectivity index is 2.52. The molecule has 5 heteroatoms. The normalized spacial score (nSPS) is 45.8. The zero-order chi connectivity index (χ0) is 8.43. The van der Waals surface area contributed by atoms with E-state index in [9.17, 15) is 5.11 Å². The number of hydrogen-bond acceptors (Lipinski definition) is 5. The first-order valence-electron chi connectivity index (χ1n) is 3.64. The van der Waals surface area contributed by atoms with E-state index < -0.39 is 18.3 Å². The van der Waals surface area contributed by atoms with Crippen molar-refractivity contribution >= 4 is 0 Å². The number of piperidine rings is 1. The van der Waals surface area contributed by atoms with Gasteiger partial charge in [0, 0.05) is 19.1 Å². The highest BCUT2D eigenvalue weighted by atomic mass is 16.4. The molecular formula is C6H14N2O3. The number of aliphatic hydroxyl groups is 3. The topological polar surface area (TPSA) is 98.7 Å². The zero-order valence-electron chi connectivity index (χ0n) is 6.14. The van der Waals surface area contributed by atoms with Crippen molar-refractivity contribution in [3.63, 3.8) is 0 Å². The fourth-order valence-corrected chi connectivity index (χ4v) is 1.20. The lowest BCUT2D eigenvalue weighted by atomic mass is 9.96. The minimum Gasteiger partial charge on any atom is -0.389 e. The van der Waals surface area contributed by atoms with Gasteiger partial charge in [0.2, 0.25) is 0 Å². The Hall–Kier alpha value is -0.200. The molecule has 0 aliphatic carbocycles. The van der Waals surface area contributed by atoms with Gasteiger partial charge in [0.25, 0.3) is 0 Å². The van der Waals surface area contributed by atoms with Gasteiger partial charge in [-0.05, 0) is 0 Å². The van der Waals surface area contributed by atoms with Crippen LogP contribution in [0.2, 0.25) is 0 Å². The van der Waals surface area contributed by atoms with Crippen LogP contribution in [0.3, 0.4) is 0 Å². The van der Waals surface area contributed by atoms with Crippen molar-refractivity contribution in [3.8, 4) is 0 Å². The summed E-state index contributed by atoms with van der Waals surface area (Å²) in [4.78, 5) is 0. The van der Waals surface area contributed by atoms with Crippen molar-refractivity contribution in [1.82, 2.24) is 5.32 Å². The van der Waals surface area contributed by atoms with E-state index in [1.165, 1.54) is 0 Å². The Bertz CT molecular complexity index is 131. The maximum atomic E-state index is 9.26. The molecule has 1 saturated heterocycles. The number of hydrogen-bond donors (Lipinski definition) is 5. The van der Waals surface area contributed by atoms with E-state index in [0.717, 1.165) is 0 Å². The first-order chi connectivity index (χ1) is 5.16. The molecule has 0 aromatic carbocycles. The lowest BCUT2D eigenvalue weighted by molar-refractivity contribution is -0.0923. The molecule has 1 aliphatic heterocycles. The van der Waals surface area contributed by atoms with E-state index >= 15 is 0 Å². The summed E-state index contributed by atoms with van der Waals surface area (Å²) in [6.07, 6.45) is -2.94. The van der Waals surface area contributed by atoms with E-state index in [1.807, 2.05) is 0 Å². The molecule has 1 aliphatic rings. The molecule has 0 unspecified atom stereocenters. The van der Waals surface area contributed by atoms with Crippen molar-refractivity contribution in [2.24, 2.45) is 5.73 Å². The summed E-state index contributed by atoms with van der Waals surface area (Å²) in [5.74, 6) is 0. The van der Waals surface area contributed by atoms with Gasteiger partial charge in [-0.15, -0.1) is 0 Å². The predicted molar refractivity (Wildman–Crippen MR) is 38.9 cm³/mol. The number of nitrogens with two attached hydrogens (primary N) is 1. The molecule has 1 rings (SSSR count). The Morgan fingerprint density at radius 2 is 1.91 bits per heavy atom. The van der Waals surface area contributed by atoms with Crippen LogP contribution in [-0.2, 0) is 0 Å². The monoisotopic (exact) mass is 162 g/mol. The molecule has 11 heavy (non-hydrogen) atoms. The second kappa shape index (κ2) is 3.46. The summed E-state index contributed by atoms with van der Waals surface area (Å²) < 4.78 is 0. The first-order valence-corrected chi connectivity index (χ1v) is 3.64. The SMILES string of the molecule is NC[C@@H]1NC[C@H](O)[C@H](O)[C@@H]1O. The van der Waals surface area contributed by atoms with Gasteiger partial charge in [-0.2, -0.15) is 0 Å². The van der Waals surface area contributed by atoms with Gasteiger partial charge in [-0.3, -0.25) is 0 Å². The van der Waals surface area contributed by atoms with Crippen LogP contribution in [0.5, 0.6) is 0 Å². The van der Waals surface area contributed by atoms with E-state index in [4.69, 9.17) is 15.9 Å². The van der Waals surface area contributed by atoms with Crippen LogP contribution in [0.4, 0.5) is 0 Å². The molecule has 0 amide bonds. The van der Waals surface area contributed by atoms with Crippen molar-refractivity contribution in [1.29, 1.82) is 0 Å². The number of nitrogens with one attached hydrogen (secondary N) is 1. The van der Waals surface area contributed by atoms with Crippen molar-refractivity contribution in [2.45, 2.75) is 24.4 Å². The third-order valence-electron chi connectivity index (χ3n) is 2.00. The van der Waals surface area contributed by atoms with Gasteiger partial charge in [0.15, 0.2) is 0 Å². The van der Waals surface area contributed by atoms with Crippen LogP contribution < -0.4 is 11.1 Å². The summed E-state index contributed by atoms with van der Waals surface area (Å²) in [7, 11) is 0. The van der Waals surface area contributed by atoms with Gasteiger partial charge < -0.3 is 26.4 Å². The molecule has 0 radical (unpaired) electrons. The highest BCUT2D eigenvalue weighted by Crippen LogP contribution is 2.09. The van der Waals surface area contributed by atoms with Gasteiger partial charge >= 0.3 is 0 Å². The Labute approximate surface area is 64.8 Å². The van der Waals surface area contributed by atoms with Gasteiger partial charge in [0.1, 0.15) is 6.10 Å². The average Bonchev–Trinajstić information content (AvgIpc) is 2.01. The molecule has 0 aromatic heterocycles. The van der Waals surface area contributed by atoms with E-state index in [1.54, 1.807) is 0 Å². The second-order valence-electron chi connectivity index (χ2n) is 2.80. The third kappa shape index (κ3) is 1.69. The van der Waals surface area contributed by atoms with Gasteiger partial charge in [-0.25, -0.2) is 0 Å². The van der Waals surface area contributed by atoms with Crippen LogP contribution in [0.25, 0.3) is 0 Å². The molecule has 6 N–H and O–H groups in total. The lowest BCUT2D eigenvalue weighted by Crippen LogP contribution is -2.61. The third-order valence-corrected chi connectivity index (χ3v) is 2.00. The lowest BCUT2D eigenvalue weighted by Gasteiger charge is -2.35. The first kappa shape index (κ1) is 8.89. The summed E-state index contributed by atoms with van der Waals surface area (Å²) in [5.41, 5.74) is 5.29. The Kier molecular flexibility index (Phi) is 2.80. The van der Waals surface area contributed by atoms with Crippen LogP contribution in [0, 0.1) is 0 Å². The molecule has 0 saturated carbocycles. The molecule has 1 heterocycles. The quantitative estimate of drug-likeness (QED) is 0.283. The van der Waals surface area contributed by atoms with Gasteiger partial charge in [0.05, 0.1) is 12.2 Å². The number of rotatable bonds is 1. The highest BCUT2D eigenvalue weighted by Gasteiger charge is 2.35. The highest BCUT2D eigenvalue weighted by molar-refractivity contribution is 4.92. The van der Waals surface area contributed by atoms with Gasteiger partial charge in [-0.1, -0.05) is 0 Å².